The number of aryl methyl sites for hydroxylation is 2. The summed E-state index contributed by atoms with van der Waals surface area (Å²) in [5.74, 6) is -4.11. The van der Waals surface area contributed by atoms with Crippen LogP contribution in [-0.4, -0.2) is 42.0 Å². The lowest BCUT2D eigenvalue weighted by Gasteiger charge is -2.44. The number of halogens is 1. The molecule has 0 radical (unpaired) electrons. The van der Waals surface area contributed by atoms with E-state index in [1.54, 1.807) is 24.3 Å². The molecule has 4 unspecified atom stereocenters. The standard InChI is InChI=1S/C34H39BrN2O6/c1-6-20-13-9-11-15-24(20)36-32(39)29-26(38)19-34(4,41)30(33(40)37-25-16-12-10-14-21(25)7-2)28(29)22-17-23(35)31(43-8-3)27(18-22)42-5/h9-18,28-30,41H,6-8,19H2,1-5H3,(H,36,39)(H,37,40). The summed E-state index contributed by atoms with van der Waals surface area (Å²) in [6, 6.07) is 18.3. The second kappa shape index (κ2) is 13.7. The quantitative estimate of drug-likeness (QED) is 0.222. The van der Waals surface area contributed by atoms with Gasteiger partial charge in [0.15, 0.2) is 11.5 Å². The molecule has 0 spiro atoms. The molecule has 3 aromatic carbocycles. The highest BCUT2D eigenvalue weighted by molar-refractivity contribution is 9.10. The van der Waals surface area contributed by atoms with Gasteiger partial charge >= 0.3 is 0 Å². The number of benzene rings is 3. The van der Waals surface area contributed by atoms with Gasteiger partial charge in [0.2, 0.25) is 11.8 Å². The van der Waals surface area contributed by atoms with Crippen LogP contribution in [0.2, 0.25) is 0 Å². The third-order valence-corrected chi connectivity index (χ3v) is 8.66. The van der Waals surface area contributed by atoms with Gasteiger partial charge in [-0.1, -0.05) is 50.2 Å². The number of anilines is 2. The minimum atomic E-state index is -1.75. The number of amides is 2. The number of rotatable bonds is 10. The Morgan fingerprint density at radius 1 is 0.953 bits per heavy atom. The molecule has 0 aromatic heterocycles. The van der Waals surface area contributed by atoms with Crippen molar-refractivity contribution in [2.24, 2.45) is 11.8 Å². The number of nitrogens with one attached hydrogen (secondary N) is 2. The molecule has 4 rings (SSSR count). The Kier molecular flexibility index (Phi) is 10.3. The van der Waals surface area contributed by atoms with Crippen molar-refractivity contribution in [1.29, 1.82) is 0 Å². The van der Waals surface area contributed by atoms with Crippen LogP contribution in [0.4, 0.5) is 11.4 Å². The molecule has 1 fully saturated rings. The first-order valence-electron chi connectivity index (χ1n) is 14.6. The molecular formula is C34H39BrN2O6. The minimum Gasteiger partial charge on any atom is -0.493 e. The van der Waals surface area contributed by atoms with Crippen LogP contribution in [0.5, 0.6) is 11.5 Å². The van der Waals surface area contributed by atoms with E-state index >= 15 is 0 Å². The number of methoxy groups -OCH3 is 1. The normalized spacial score (nSPS) is 21.7. The second-order valence-electron chi connectivity index (χ2n) is 10.9. The van der Waals surface area contributed by atoms with Crippen molar-refractivity contribution in [2.75, 3.05) is 24.4 Å². The molecular weight excluding hydrogens is 612 g/mol. The predicted molar refractivity (Wildman–Crippen MR) is 171 cm³/mol. The largest absolute Gasteiger partial charge is 0.493 e. The molecule has 228 valence electrons. The van der Waals surface area contributed by atoms with Crippen molar-refractivity contribution < 1.29 is 29.0 Å². The molecule has 0 heterocycles. The van der Waals surface area contributed by atoms with E-state index in [9.17, 15) is 19.5 Å². The number of ether oxygens (including phenoxy) is 2. The molecule has 1 saturated carbocycles. The minimum absolute atomic E-state index is 0.361. The Hall–Kier alpha value is -3.69. The Bertz CT molecular complexity index is 1500. The van der Waals surface area contributed by atoms with Crippen LogP contribution in [0.25, 0.3) is 0 Å². The van der Waals surface area contributed by atoms with E-state index in [4.69, 9.17) is 9.47 Å². The van der Waals surface area contributed by atoms with Crippen molar-refractivity contribution in [3.05, 3.63) is 81.8 Å². The van der Waals surface area contributed by atoms with Gasteiger partial charge in [0.25, 0.3) is 0 Å². The summed E-state index contributed by atoms with van der Waals surface area (Å²) in [5.41, 5.74) is 1.79. The number of hydrogen-bond acceptors (Lipinski definition) is 6. The predicted octanol–water partition coefficient (Wildman–Crippen LogP) is 6.30. The van der Waals surface area contributed by atoms with Crippen molar-refractivity contribution >= 4 is 44.9 Å². The zero-order chi connectivity index (χ0) is 31.3. The summed E-state index contributed by atoms with van der Waals surface area (Å²) in [6.07, 6.45) is 1.00. The average Bonchev–Trinajstić information content (AvgIpc) is 2.97. The maximum Gasteiger partial charge on any atom is 0.235 e. The summed E-state index contributed by atoms with van der Waals surface area (Å²) in [7, 11) is 1.49. The number of carbonyl (C=O) groups is 3. The van der Waals surface area contributed by atoms with Gasteiger partial charge in [-0.15, -0.1) is 0 Å². The van der Waals surface area contributed by atoms with Gasteiger partial charge in [0.05, 0.1) is 29.7 Å². The summed E-state index contributed by atoms with van der Waals surface area (Å²) in [5, 5.41) is 17.7. The van der Waals surface area contributed by atoms with E-state index in [1.165, 1.54) is 14.0 Å². The maximum absolute atomic E-state index is 14.2. The first-order chi connectivity index (χ1) is 20.6. The van der Waals surface area contributed by atoms with Gasteiger partial charge in [-0.25, -0.2) is 0 Å². The highest BCUT2D eigenvalue weighted by Crippen LogP contribution is 2.49. The molecule has 43 heavy (non-hydrogen) atoms. The first kappa shape index (κ1) is 32.2. The SMILES string of the molecule is CCOc1c(Br)cc(C2C(C(=O)Nc3ccccc3CC)C(=O)CC(C)(O)C2C(=O)Nc2ccccc2CC)cc1OC. The second-order valence-corrected chi connectivity index (χ2v) is 11.8. The van der Waals surface area contributed by atoms with Gasteiger partial charge in [0.1, 0.15) is 11.7 Å². The maximum atomic E-state index is 14.2. The molecule has 4 atom stereocenters. The number of ketones is 1. The summed E-state index contributed by atoms with van der Waals surface area (Å²) >= 11 is 3.56. The van der Waals surface area contributed by atoms with Crippen LogP contribution in [0, 0.1) is 11.8 Å². The number of aliphatic hydroxyl groups is 1. The van der Waals surface area contributed by atoms with Crippen molar-refractivity contribution in [3.63, 3.8) is 0 Å². The molecule has 3 aromatic rings. The van der Waals surface area contributed by atoms with E-state index < -0.39 is 41.0 Å². The van der Waals surface area contributed by atoms with Crippen molar-refractivity contribution in [3.8, 4) is 11.5 Å². The lowest BCUT2D eigenvalue weighted by atomic mass is 9.61. The smallest absolute Gasteiger partial charge is 0.235 e. The van der Waals surface area contributed by atoms with E-state index in [0.29, 0.717) is 52.4 Å². The zero-order valence-corrected chi connectivity index (χ0v) is 26.8. The van der Waals surface area contributed by atoms with E-state index in [0.717, 1.165) is 11.1 Å². The number of hydrogen-bond donors (Lipinski definition) is 3. The number of para-hydroxylation sites is 2. The Morgan fingerprint density at radius 2 is 1.51 bits per heavy atom. The molecule has 0 saturated heterocycles. The van der Waals surface area contributed by atoms with Crippen molar-refractivity contribution in [2.45, 2.75) is 58.5 Å². The molecule has 0 aliphatic heterocycles. The van der Waals surface area contributed by atoms with Crippen LogP contribution in [-0.2, 0) is 27.2 Å². The first-order valence-corrected chi connectivity index (χ1v) is 15.4. The Labute approximate surface area is 261 Å². The van der Waals surface area contributed by atoms with Gasteiger partial charge in [0, 0.05) is 23.7 Å². The van der Waals surface area contributed by atoms with Crippen LogP contribution in [0.3, 0.4) is 0 Å². The molecule has 1 aliphatic rings. The molecule has 1 aliphatic carbocycles. The van der Waals surface area contributed by atoms with Crippen LogP contribution in [0.15, 0.2) is 65.1 Å². The molecule has 3 N–H and O–H groups in total. The van der Waals surface area contributed by atoms with Crippen LogP contribution in [0.1, 0.15) is 56.7 Å². The van der Waals surface area contributed by atoms with Gasteiger partial charge in [-0.2, -0.15) is 0 Å². The summed E-state index contributed by atoms with van der Waals surface area (Å²) in [6.45, 7) is 7.68. The van der Waals surface area contributed by atoms with Gasteiger partial charge in [-0.05, 0) is 83.6 Å². The fourth-order valence-corrected chi connectivity index (χ4v) is 6.60. The molecule has 2 amide bonds. The van der Waals surface area contributed by atoms with Gasteiger partial charge in [-0.3, -0.25) is 14.4 Å². The third kappa shape index (κ3) is 6.78. The zero-order valence-electron chi connectivity index (χ0n) is 25.2. The summed E-state index contributed by atoms with van der Waals surface area (Å²) < 4.78 is 11.9. The number of carbonyl (C=O) groups excluding carboxylic acids is 3. The molecule has 8 nitrogen and oxygen atoms in total. The van der Waals surface area contributed by atoms with E-state index in [2.05, 4.69) is 26.6 Å². The van der Waals surface area contributed by atoms with Gasteiger partial charge < -0.3 is 25.2 Å². The third-order valence-electron chi connectivity index (χ3n) is 8.07. The Morgan fingerprint density at radius 3 is 2.05 bits per heavy atom. The van der Waals surface area contributed by atoms with E-state index in [1.807, 2.05) is 57.2 Å². The number of Topliss-reactive ketones (excluding diaryl/α,β-unsaturated/α-hetero) is 1. The monoisotopic (exact) mass is 650 g/mol. The molecule has 9 heteroatoms. The fraction of sp³-hybridized carbons (Fsp3) is 0.382. The Balaban J connectivity index is 1.87. The highest BCUT2D eigenvalue weighted by atomic mass is 79.9. The average molecular weight is 652 g/mol. The lowest BCUT2D eigenvalue weighted by Crippen LogP contribution is -2.56. The van der Waals surface area contributed by atoms with Crippen LogP contribution < -0.4 is 20.1 Å². The fourth-order valence-electron chi connectivity index (χ4n) is 6.03. The highest BCUT2D eigenvalue weighted by Gasteiger charge is 2.56. The lowest BCUT2D eigenvalue weighted by molar-refractivity contribution is -0.150. The molecule has 0 bridgehead atoms. The van der Waals surface area contributed by atoms with Crippen molar-refractivity contribution in [1.82, 2.24) is 0 Å². The summed E-state index contributed by atoms with van der Waals surface area (Å²) in [4.78, 5) is 42.1. The topological polar surface area (TPSA) is 114 Å². The van der Waals surface area contributed by atoms with E-state index in [-0.39, 0.29) is 6.42 Å². The van der Waals surface area contributed by atoms with Crippen LogP contribution >= 0.6 is 15.9 Å².